The maximum atomic E-state index is 13.4. The molecule has 4 rings (SSSR count). The highest BCUT2D eigenvalue weighted by Gasteiger charge is 2.30. The number of benzene rings is 2. The van der Waals surface area contributed by atoms with Crippen LogP contribution in [0.5, 0.6) is 11.5 Å². The lowest BCUT2D eigenvalue weighted by Gasteiger charge is -2.19. The predicted octanol–water partition coefficient (Wildman–Crippen LogP) is 4.13. The van der Waals surface area contributed by atoms with E-state index in [1.54, 1.807) is 49.7 Å². The lowest BCUT2D eigenvalue weighted by Crippen LogP contribution is -2.30. The molecule has 198 valence electrons. The summed E-state index contributed by atoms with van der Waals surface area (Å²) in [5, 5.41) is 25.7. The van der Waals surface area contributed by atoms with E-state index >= 15 is 0 Å². The molecule has 0 saturated carbocycles. The van der Waals surface area contributed by atoms with Crippen LogP contribution >= 0.6 is 11.3 Å². The van der Waals surface area contributed by atoms with E-state index in [2.05, 4.69) is 10.1 Å². The summed E-state index contributed by atoms with van der Waals surface area (Å²) in [6.45, 7) is 8.15. The van der Waals surface area contributed by atoms with Gasteiger partial charge in [-0.1, -0.05) is 23.5 Å². The summed E-state index contributed by atoms with van der Waals surface area (Å²) < 4.78 is 39.7. The van der Waals surface area contributed by atoms with Crippen LogP contribution in [-0.4, -0.2) is 51.7 Å². The Morgan fingerprint density at radius 1 is 1.05 bits per heavy atom. The number of aliphatic hydroxyl groups is 2. The highest BCUT2D eigenvalue weighted by atomic mass is 32.2. The molecule has 9 nitrogen and oxygen atoms in total. The Bertz CT molecular complexity index is 1530. The van der Waals surface area contributed by atoms with Gasteiger partial charge in [-0.15, -0.1) is 0 Å². The third-order valence-corrected chi connectivity index (χ3v) is 8.85. The highest BCUT2D eigenvalue weighted by Crippen LogP contribution is 2.36. The molecule has 0 saturated heterocycles. The quantitative estimate of drug-likeness (QED) is 0.322. The van der Waals surface area contributed by atoms with Gasteiger partial charge in [-0.2, -0.15) is 5.10 Å². The summed E-state index contributed by atoms with van der Waals surface area (Å²) in [5.41, 5.74) is 0.103. The summed E-state index contributed by atoms with van der Waals surface area (Å²) >= 11 is 1.27. The van der Waals surface area contributed by atoms with Crippen molar-refractivity contribution >= 4 is 26.1 Å². The zero-order chi connectivity index (χ0) is 27.2. The molecule has 0 aliphatic rings. The number of hydrogen-bond acceptors (Lipinski definition) is 9. The first-order chi connectivity index (χ1) is 17.2. The average Bonchev–Trinajstić information content (AvgIpc) is 3.33. The van der Waals surface area contributed by atoms with Crippen LogP contribution in [0.2, 0.25) is 0 Å². The lowest BCUT2D eigenvalue weighted by atomic mass is 10.1. The van der Waals surface area contributed by atoms with Gasteiger partial charge in [-0.3, -0.25) is 0 Å². The van der Waals surface area contributed by atoms with Gasteiger partial charge in [0.15, 0.2) is 9.84 Å². The molecule has 0 radical (unpaired) electrons. The average molecular weight is 546 g/mol. The van der Waals surface area contributed by atoms with Crippen molar-refractivity contribution in [3.63, 3.8) is 0 Å². The Hall–Kier alpha value is -2.99. The zero-order valence-corrected chi connectivity index (χ0v) is 23.3. The van der Waals surface area contributed by atoms with Crippen LogP contribution in [0.4, 0.5) is 0 Å². The molecule has 0 unspecified atom stereocenters. The van der Waals surface area contributed by atoms with Gasteiger partial charge < -0.3 is 19.7 Å². The van der Waals surface area contributed by atoms with Gasteiger partial charge in [0.1, 0.15) is 33.6 Å². The Morgan fingerprint density at radius 3 is 2.32 bits per heavy atom. The van der Waals surface area contributed by atoms with E-state index in [9.17, 15) is 18.6 Å². The van der Waals surface area contributed by atoms with Crippen LogP contribution in [-0.2, 0) is 22.0 Å². The molecule has 0 atom stereocenters. The van der Waals surface area contributed by atoms with E-state index in [0.29, 0.717) is 32.7 Å². The highest BCUT2D eigenvalue weighted by molar-refractivity contribution is 7.91. The van der Waals surface area contributed by atoms with Crippen molar-refractivity contribution in [3.8, 4) is 22.8 Å². The Labute approximate surface area is 220 Å². The van der Waals surface area contributed by atoms with Gasteiger partial charge >= 0.3 is 0 Å². The molecular weight excluding hydrogens is 514 g/mol. The van der Waals surface area contributed by atoms with E-state index in [4.69, 9.17) is 9.47 Å². The summed E-state index contributed by atoms with van der Waals surface area (Å²) in [6.07, 6.45) is 0. The number of nitrogens with zero attached hydrogens (tertiary/aromatic N) is 3. The van der Waals surface area contributed by atoms with E-state index < -0.39 is 26.8 Å². The zero-order valence-electron chi connectivity index (χ0n) is 21.6. The molecule has 0 aliphatic heterocycles. The van der Waals surface area contributed by atoms with Crippen molar-refractivity contribution < 1.29 is 28.1 Å². The molecule has 2 aromatic carbocycles. The number of sulfone groups is 1. The largest absolute Gasteiger partial charge is 0.497 e. The molecule has 2 aromatic heterocycles. The number of aryl methyl sites for hydroxylation is 1. The second kappa shape index (κ2) is 9.71. The molecule has 4 aromatic rings. The summed E-state index contributed by atoms with van der Waals surface area (Å²) in [5.74, 6) is 0.402. The number of aromatic nitrogens is 3. The Kier molecular flexibility index (Phi) is 7.10. The van der Waals surface area contributed by atoms with Crippen molar-refractivity contribution in [3.05, 3.63) is 58.7 Å². The number of fused-ring (bicyclic) bond motifs is 1. The molecule has 0 aliphatic carbocycles. The summed E-state index contributed by atoms with van der Waals surface area (Å²) in [6, 6.07) is 12.2. The van der Waals surface area contributed by atoms with Crippen molar-refractivity contribution in [1.82, 2.24) is 14.6 Å². The molecule has 2 N–H and O–H groups in total. The number of ether oxygens (including phenoxy) is 2. The molecule has 0 fully saturated rings. The number of imidazole rings is 1. The van der Waals surface area contributed by atoms with Crippen molar-refractivity contribution in [2.24, 2.45) is 0 Å². The number of hydrogen-bond donors (Lipinski definition) is 2. The fourth-order valence-corrected chi connectivity index (χ4v) is 6.64. The second-order valence-electron chi connectivity index (χ2n) is 10.1. The third-order valence-electron chi connectivity index (χ3n) is 5.55. The van der Waals surface area contributed by atoms with Crippen LogP contribution in [0, 0.1) is 6.92 Å². The molecule has 0 bridgehead atoms. The van der Waals surface area contributed by atoms with E-state index in [0.717, 1.165) is 5.56 Å². The fraction of sp³-hybridized carbons (Fsp3) is 0.385. The Morgan fingerprint density at radius 2 is 1.73 bits per heavy atom. The fourth-order valence-electron chi connectivity index (χ4n) is 3.87. The molecule has 0 spiro atoms. The van der Waals surface area contributed by atoms with Gasteiger partial charge in [-0.25, -0.2) is 17.9 Å². The van der Waals surface area contributed by atoms with Crippen LogP contribution in [0.1, 0.15) is 44.0 Å². The van der Waals surface area contributed by atoms with E-state index in [1.165, 1.54) is 31.3 Å². The molecule has 0 amide bonds. The first kappa shape index (κ1) is 27.1. The van der Waals surface area contributed by atoms with E-state index in [1.807, 2.05) is 19.1 Å². The lowest BCUT2D eigenvalue weighted by molar-refractivity contribution is 0.0773. The molecule has 11 heteroatoms. The van der Waals surface area contributed by atoms with Crippen LogP contribution < -0.4 is 9.47 Å². The van der Waals surface area contributed by atoms with Gasteiger partial charge in [0.2, 0.25) is 4.96 Å². The second-order valence-corrected chi connectivity index (χ2v) is 13.0. The predicted molar refractivity (Wildman–Crippen MR) is 142 cm³/mol. The first-order valence-electron chi connectivity index (χ1n) is 11.6. The third kappa shape index (κ3) is 5.96. The molecular formula is C26H31N3O6S2. The van der Waals surface area contributed by atoms with Crippen molar-refractivity contribution in [1.29, 1.82) is 0 Å². The molecule has 37 heavy (non-hydrogen) atoms. The van der Waals surface area contributed by atoms with Crippen LogP contribution in [0.15, 0.2) is 47.4 Å². The van der Waals surface area contributed by atoms with E-state index in [-0.39, 0.29) is 17.3 Å². The van der Waals surface area contributed by atoms with Gasteiger partial charge in [0.05, 0.1) is 29.9 Å². The first-order valence-corrected chi connectivity index (χ1v) is 14.1. The maximum absolute atomic E-state index is 13.4. The smallest absolute Gasteiger partial charge is 0.213 e. The van der Waals surface area contributed by atoms with Crippen LogP contribution in [0.3, 0.4) is 0 Å². The van der Waals surface area contributed by atoms with Gasteiger partial charge in [0, 0.05) is 5.56 Å². The van der Waals surface area contributed by atoms with Gasteiger partial charge in [0.25, 0.3) is 0 Å². The SMILES string of the molecule is COc1ccc(COc2ccc(-c3c(C)nc4sc(C(C)(C)O)nn34)cc2S(=O)(=O)CC(C)(C)O)cc1. The number of methoxy groups -OCH3 is 1. The topological polar surface area (TPSA) is 123 Å². The minimum atomic E-state index is -3.94. The van der Waals surface area contributed by atoms with Crippen molar-refractivity contribution in [2.75, 3.05) is 12.9 Å². The summed E-state index contributed by atoms with van der Waals surface area (Å²) in [4.78, 5) is 5.12. The Balaban J connectivity index is 1.79. The normalized spacial score (nSPS) is 12.8. The standard InChI is InChI=1S/C26H31N3O6S2/c1-16-22(29-24(27-16)36-23(28-29)26(4,5)31)18-9-12-20(21(13-18)37(32,33)15-25(2,3)30)35-14-17-7-10-19(34-6)11-8-17/h7-13,30-31H,14-15H2,1-6H3. The maximum Gasteiger partial charge on any atom is 0.213 e. The number of rotatable bonds is 9. The summed E-state index contributed by atoms with van der Waals surface area (Å²) in [7, 11) is -2.36. The minimum absolute atomic E-state index is 0.0343. The van der Waals surface area contributed by atoms with Crippen molar-refractivity contribution in [2.45, 2.75) is 57.3 Å². The monoisotopic (exact) mass is 545 g/mol. The van der Waals surface area contributed by atoms with Gasteiger partial charge in [-0.05, 0) is 70.5 Å². The molecule has 2 heterocycles. The van der Waals surface area contributed by atoms with Crippen LogP contribution in [0.25, 0.3) is 16.2 Å². The minimum Gasteiger partial charge on any atom is -0.497 e.